The zero-order valence-corrected chi connectivity index (χ0v) is 10.2. The highest BCUT2D eigenvalue weighted by molar-refractivity contribution is 5.16. The molecular weight excluding hydrogens is 198 g/mol. The summed E-state index contributed by atoms with van der Waals surface area (Å²) in [7, 11) is 0. The van der Waals surface area contributed by atoms with Gasteiger partial charge in [-0.1, -0.05) is 12.8 Å². The molecular formula is C13H21N3. The second-order valence-electron chi connectivity index (χ2n) is 4.99. The fourth-order valence-corrected chi connectivity index (χ4v) is 2.52. The van der Waals surface area contributed by atoms with Gasteiger partial charge < -0.3 is 5.73 Å². The van der Waals surface area contributed by atoms with Gasteiger partial charge >= 0.3 is 0 Å². The van der Waals surface area contributed by atoms with E-state index in [0.717, 1.165) is 17.9 Å². The van der Waals surface area contributed by atoms with Crippen LogP contribution in [-0.2, 0) is 6.42 Å². The lowest BCUT2D eigenvalue weighted by atomic mass is 10.0. The van der Waals surface area contributed by atoms with Crippen LogP contribution in [0.15, 0.2) is 6.07 Å². The van der Waals surface area contributed by atoms with E-state index in [1.807, 2.05) is 13.8 Å². The van der Waals surface area contributed by atoms with E-state index in [-0.39, 0.29) is 6.04 Å². The predicted molar refractivity (Wildman–Crippen MR) is 65.3 cm³/mol. The minimum absolute atomic E-state index is 0.172. The van der Waals surface area contributed by atoms with E-state index in [2.05, 4.69) is 16.0 Å². The van der Waals surface area contributed by atoms with Crippen LogP contribution in [0.4, 0.5) is 0 Å². The van der Waals surface area contributed by atoms with Crippen molar-refractivity contribution in [3.63, 3.8) is 0 Å². The normalized spacial score (nSPS) is 18.9. The van der Waals surface area contributed by atoms with Crippen LogP contribution in [0, 0.1) is 6.92 Å². The number of aryl methyl sites for hydroxylation is 1. The summed E-state index contributed by atoms with van der Waals surface area (Å²) in [6.45, 7) is 4.00. The second-order valence-corrected chi connectivity index (χ2v) is 4.99. The highest BCUT2D eigenvalue weighted by Gasteiger charge is 2.19. The fourth-order valence-electron chi connectivity index (χ4n) is 2.52. The first-order valence-electron chi connectivity index (χ1n) is 6.25. The zero-order chi connectivity index (χ0) is 11.5. The van der Waals surface area contributed by atoms with Crippen molar-refractivity contribution in [3.05, 3.63) is 23.3 Å². The maximum atomic E-state index is 5.82. The van der Waals surface area contributed by atoms with E-state index in [9.17, 15) is 0 Å². The highest BCUT2D eigenvalue weighted by Crippen LogP contribution is 2.33. The summed E-state index contributed by atoms with van der Waals surface area (Å²) in [5.74, 6) is 1.55. The Morgan fingerprint density at radius 3 is 2.69 bits per heavy atom. The van der Waals surface area contributed by atoms with E-state index in [4.69, 9.17) is 5.73 Å². The summed E-state index contributed by atoms with van der Waals surface area (Å²) in [5.41, 5.74) is 8.16. The summed E-state index contributed by atoms with van der Waals surface area (Å²) >= 11 is 0. The van der Waals surface area contributed by atoms with Gasteiger partial charge in [0.15, 0.2) is 0 Å². The molecule has 0 amide bonds. The Morgan fingerprint density at radius 1 is 1.38 bits per heavy atom. The quantitative estimate of drug-likeness (QED) is 0.849. The van der Waals surface area contributed by atoms with Crippen molar-refractivity contribution in [1.29, 1.82) is 0 Å². The van der Waals surface area contributed by atoms with E-state index < -0.39 is 0 Å². The summed E-state index contributed by atoms with van der Waals surface area (Å²) in [6.07, 6.45) is 6.11. The lowest BCUT2D eigenvalue weighted by Crippen LogP contribution is -2.19. The van der Waals surface area contributed by atoms with Crippen LogP contribution in [0.3, 0.4) is 0 Å². The molecule has 1 aromatic rings. The molecule has 3 nitrogen and oxygen atoms in total. The van der Waals surface area contributed by atoms with Crippen LogP contribution in [0.2, 0.25) is 0 Å². The molecule has 0 aromatic carbocycles. The molecule has 2 N–H and O–H groups in total. The number of aromatic nitrogens is 2. The molecule has 3 heteroatoms. The van der Waals surface area contributed by atoms with Gasteiger partial charge in [0.1, 0.15) is 5.82 Å². The minimum Gasteiger partial charge on any atom is -0.328 e. The van der Waals surface area contributed by atoms with E-state index in [1.54, 1.807) is 0 Å². The maximum Gasteiger partial charge on any atom is 0.125 e. The standard InChI is InChI=1S/C13H21N3/c1-9(14)7-12-8-13(16-10(2)15-12)11-5-3-4-6-11/h8-9,11H,3-7,14H2,1-2H3. The highest BCUT2D eigenvalue weighted by atomic mass is 14.9. The smallest absolute Gasteiger partial charge is 0.125 e. The number of hydrogen-bond acceptors (Lipinski definition) is 3. The van der Waals surface area contributed by atoms with Gasteiger partial charge in [0.05, 0.1) is 0 Å². The minimum atomic E-state index is 0.172. The van der Waals surface area contributed by atoms with Gasteiger partial charge in [-0.3, -0.25) is 0 Å². The Hall–Kier alpha value is -0.960. The zero-order valence-electron chi connectivity index (χ0n) is 10.2. The van der Waals surface area contributed by atoms with Gasteiger partial charge in [-0.25, -0.2) is 9.97 Å². The average Bonchev–Trinajstić information content (AvgIpc) is 2.67. The molecule has 88 valence electrons. The van der Waals surface area contributed by atoms with Crippen molar-refractivity contribution in [1.82, 2.24) is 9.97 Å². The molecule has 1 aliphatic rings. The van der Waals surface area contributed by atoms with Gasteiger partial charge in [-0.2, -0.15) is 0 Å². The number of rotatable bonds is 3. The number of hydrogen-bond donors (Lipinski definition) is 1. The summed E-state index contributed by atoms with van der Waals surface area (Å²) < 4.78 is 0. The molecule has 0 aliphatic heterocycles. The van der Waals surface area contributed by atoms with Crippen LogP contribution in [0.1, 0.15) is 55.7 Å². The van der Waals surface area contributed by atoms with Crippen LogP contribution in [0.25, 0.3) is 0 Å². The Morgan fingerprint density at radius 2 is 2.06 bits per heavy atom. The maximum absolute atomic E-state index is 5.82. The third kappa shape index (κ3) is 2.79. The van der Waals surface area contributed by atoms with Gasteiger partial charge in [-0.05, 0) is 32.8 Å². The van der Waals surface area contributed by atoms with Gasteiger partial charge in [0.2, 0.25) is 0 Å². The summed E-state index contributed by atoms with van der Waals surface area (Å²) in [6, 6.07) is 2.33. The first-order chi connectivity index (χ1) is 7.65. The Kier molecular flexibility index (Phi) is 3.54. The lowest BCUT2D eigenvalue weighted by molar-refractivity contribution is 0.670. The fraction of sp³-hybridized carbons (Fsp3) is 0.692. The topological polar surface area (TPSA) is 51.8 Å². The van der Waals surface area contributed by atoms with Gasteiger partial charge in [0.25, 0.3) is 0 Å². The predicted octanol–water partition coefficient (Wildman–Crippen LogP) is 2.33. The molecule has 1 atom stereocenters. The van der Waals surface area contributed by atoms with Crippen molar-refractivity contribution in [2.75, 3.05) is 0 Å². The molecule has 16 heavy (non-hydrogen) atoms. The van der Waals surface area contributed by atoms with Crippen LogP contribution in [-0.4, -0.2) is 16.0 Å². The summed E-state index contributed by atoms with van der Waals surface area (Å²) in [4.78, 5) is 9.03. The molecule has 1 aromatic heterocycles. The first kappa shape index (κ1) is 11.5. The van der Waals surface area contributed by atoms with Crippen LogP contribution < -0.4 is 5.73 Å². The molecule has 1 aliphatic carbocycles. The lowest BCUT2D eigenvalue weighted by Gasteiger charge is -2.12. The van der Waals surface area contributed by atoms with Crippen molar-refractivity contribution in [2.45, 2.75) is 57.9 Å². The third-order valence-corrected chi connectivity index (χ3v) is 3.22. The second kappa shape index (κ2) is 4.91. The molecule has 0 spiro atoms. The van der Waals surface area contributed by atoms with Crippen molar-refractivity contribution in [3.8, 4) is 0 Å². The van der Waals surface area contributed by atoms with Gasteiger partial charge in [-0.15, -0.1) is 0 Å². The van der Waals surface area contributed by atoms with E-state index in [1.165, 1.54) is 31.4 Å². The Balaban J connectivity index is 2.20. The molecule has 1 unspecified atom stereocenters. The van der Waals surface area contributed by atoms with E-state index >= 15 is 0 Å². The monoisotopic (exact) mass is 219 g/mol. The molecule has 0 bridgehead atoms. The van der Waals surface area contributed by atoms with Crippen molar-refractivity contribution < 1.29 is 0 Å². The molecule has 1 fully saturated rings. The van der Waals surface area contributed by atoms with Crippen molar-refractivity contribution in [2.24, 2.45) is 5.73 Å². The van der Waals surface area contributed by atoms with Crippen LogP contribution in [0.5, 0.6) is 0 Å². The molecule has 0 radical (unpaired) electrons. The summed E-state index contributed by atoms with van der Waals surface area (Å²) in [5, 5.41) is 0. The van der Waals surface area contributed by atoms with Gasteiger partial charge in [0, 0.05) is 29.8 Å². The average molecular weight is 219 g/mol. The Labute approximate surface area is 97.5 Å². The SMILES string of the molecule is Cc1nc(CC(C)N)cc(C2CCCC2)n1. The third-order valence-electron chi connectivity index (χ3n) is 3.22. The molecule has 0 saturated heterocycles. The largest absolute Gasteiger partial charge is 0.328 e. The molecule has 1 heterocycles. The van der Waals surface area contributed by atoms with Crippen LogP contribution >= 0.6 is 0 Å². The Bertz CT molecular complexity index is 354. The van der Waals surface area contributed by atoms with E-state index in [0.29, 0.717) is 5.92 Å². The number of nitrogens with two attached hydrogens (primary N) is 1. The van der Waals surface area contributed by atoms with Crippen molar-refractivity contribution >= 4 is 0 Å². The molecule has 2 rings (SSSR count). The molecule has 1 saturated carbocycles. The number of nitrogens with zero attached hydrogens (tertiary/aromatic N) is 2. The first-order valence-corrected chi connectivity index (χ1v) is 6.25.